The molecular formula is C14H14BrNO4. The summed E-state index contributed by atoms with van der Waals surface area (Å²) < 4.78 is 15.9. The van der Waals surface area contributed by atoms with Crippen molar-refractivity contribution >= 4 is 28.0 Å². The maximum Gasteiger partial charge on any atom is 0.348 e. The molecule has 0 saturated heterocycles. The van der Waals surface area contributed by atoms with Gasteiger partial charge in [0.1, 0.15) is 11.6 Å². The molecule has 20 heavy (non-hydrogen) atoms. The van der Waals surface area contributed by atoms with Gasteiger partial charge in [0.05, 0.1) is 25.3 Å². The van der Waals surface area contributed by atoms with Gasteiger partial charge in [-0.1, -0.05) is 0 Å². The molecule has 0 aliphatic carbocycles. The minimum atomic E-state index is -0.684. The van der Waals surface area contributed by atoms with Gasteiger partial charge >= 0.3 is 5.97 Å². The molecule has 0 spiro atoms. The van der Waals surface area contributed by atoms with Crippen molar-refractivity contribution in [1.82, 2.24) is 0 Å². The first-order chi connectivity index (χ1) is 9.57. The van der Waals surface area contributed by atoms with E-state index < -0.39 is 5.97 Å². The molecule has 0 fully saturated rings. The maximum atomic E-state index is 11.4. The van der Waals surface area contributed by atoms with Crippen LogP contribution in [0.25, 0.3) is 6.08 Å². The first-order valence-corrected chi connectivity index (χ1v) is 6.57. The molecule has 0 unspecified atom stereocenters. The summed E-state index contributed by atoms with van der Waals surface area (Å²) in [5.74, 6) is 0.398. The summed E-state index contributed by atoms with van der Waals surface area (Å²) in [4.78, 5) is 11.4. The SMILES string of the molecule is CCOc1c(Br)cc(/C=C(\C#N)C(=O)OC)cc1OC. The van der Waals surface area contributed by atoms with Crippen molar-refractivity contribution in [2.45, 2.75) is 6.92 Å². The highest BCUT2D eigenvalue weighted by molar-refractivity contribution is 9.10. The van der Waals surface area contributed by atoms with Gasteiger partial charge in [-0.3, -0.25) is 0 Å². The Morgan fingerprint density at radius 3 is 2.65 bits per heavy atom. The van der Waals surface area contributed by atoms with Gasteiger partial charge in [-0.15, -0.1) is 0 Å². The molecule has 0 heterocycles. The zero-order chi connectivity index (χ0) is 15.1. The summed E-state index contributed by atoms with van der Waals surface area (Å²) in [6.07, 6.45) is 1.43. The second-order valence-electron chi connectivity index (χ2n) is 3.63. The number of rotatable bonds is 5. The number of benzene rings is 1. The molecule has 1 aromatic rings. The van der Waals surface area contributed by atoms with Crippen molar-refractivity contribution in [2.24, 2.45) is 0 Å². The molecule has 106 valence electrons. The number of carbonyl (C=O) groups is 1. The molecule has 0 N–H and O–H groups in total. The van der Waals surface area contributed by atoms with Crippen molar-refractivity contribution in [2.75, 3.05) is 20.8 Å². The lowest BCUT2D eigenvalue weighted by Crippen LogP contribution is -2.02. The average Bonchev–Trinajstić information content (AvgIpc) is 2.46. The summed E-state index contributed by atoms with van der Waals surface area (Å²) in [5, 5.41) is 8.94. The molecule has 0 bridgehead atoms. The van der Waals surface area contributed by atoms with E-state index in [-0.39, 0.29) is 5.57 Å². The number of nitrogens with zero attached hydrogens (tertiary/aromatic N) is 1. The molecule has 0 aromatic heterocycles. The van der Waals surface area contributed by atoms with E-state index in [0.29, 0.717) is 28.1 Å². The third kappa shape index (κ3) is 3.75. The number of hydrogen-bond acceptors (Lipinski definition) is 5. The van der Waals surface area contributed by atoms with Crippen LogP contribution in [0.1, 0.15) is 12.5 Å². The van der Waals surface area contributed by atoms with Crippen LogP contribution in [0.3, 0.4) is 0 Å². The van der Waals surface area contributed by atoms with Gasteiger partial charge in [-0.05, 0) is 46.6 Å². The van der Waals surface area contributed by atoms with Crippen molar-refractivity contribution in [3.63, 3.8) is 0 Å². The fourth-order valence-electron chi connectivity index (χ4n) is 1.52. The van der Waals surface area contributed by atoms with E-state index in [0.717, 1.165) is 0 Å². The Labute approximate surface area is 125 Å². The summed E-state index contributed by atoms with van der Waals surface area (Å²) in [6.45, 7) is 2.36. The van der Waals surface area contributed by atoms with Crippen LogP contribution in [0, 0.1) is 11.3 Å². The van der Waals surface area contributed by atoms with Gasteiger partial charge < -0.3 is 14.2 Å². The van der Waals surface area contributed by atoms with Crippen LogP contribution in [0.2, 0.25) is 0 Å². The smallest absolute Gasteiger partial charge is 0.348 e. The highest BCUT2D eigenvalue weighted by Crippen LogP contribution is 2.37. The van der Waals surface area contributed by atoms with Gasteiger partial charge in [0.15, 0.2) is 11.5 Å². The average molecular weight is 340 g/mol. The lowest BCUT2D eigenvalue weighted by Gasteiger charge is -2.12. The van der Waals surface area contributed by atoms with E-state index in [4.69, 9.17) is 14.7 Å². The summed E-state index contributed by atoms with van der Waals surface area (Å²) >= 11 is 3.37. The van der Waals surface area contributed by atoms with Crippen LogP contribution in [0.15, 0.2) is 22.2 Å². The minimum absolute atomic E-state index is 0.0920. The predicted octanol–water partition coefficient (Wildman–Crippen LogP) is 2.94. The molecular weight excluding hydrogens is 326 g/mol. The first kappa shape index (κ1) is 16.1. The summed E-state index contributed by atoms with van der Waals surface area (Å²) in [5.41, 5.74) is 0.532. The highest BCUT2D eigenvalue weighted by atomic mass is 79.9. The van der Waals surface area contributed by atoms with E-state index in [1.54, 1.807) is 18.2 Å². The van der Waals surface area contributed by atoms with Gasteiger partial charge in [-0.25, -0.2) is 4.79 Å². The minimum Gasteiger partial charge on any atom is -0.493 e. The Balaban J connectivity index is 3.28. The van der Waals surface area contributed by atoms with Crippen LogP contribution < -0.4 is 9.47 Å². The fourth-order valence-corrected chi connectivity index (χ4v) is 2.10. The number of nitriles is 1. The van der Waals surface area contributed by atoms with Crippen LogP contribution in [0.5, 0.6) is 11.5 Å². The third-order valence-electron chi connectivity index (χ3n) is 2.38. The molecule has 1 rings (SSSR count). The number of methoxy groups -OCH3 is 2. The zero-order valence-corrected chi connectivity index (χ0v) is 13.0. The Morgan fingerprint density at radius 1 is 1.45 bits per heavy atom. The molecule has 1 aromatic carbocycles. The van der Waals surface area contributed by atoms with Gasteiger partial charge in [0, 0.05) is 0 Å². The molecule has 5 nitrogen and oxygen atoms in total. The number of ether oxygens (including phenoxy) is 3. The van der Waals surface area contributed by atoms with Gasteiger partial charge in [-0.2, -0.15) is 5.26 Å². The predicted molar refractivity (Wildman–Crippen MR) is 77.5 cm³/mol. The molecule has 0 atom stereocenters. The van der Waals surface area contributed by atoms with Crippen molar-refractivity contribution in [3.8, 4) is 17.6 Å². The van der Waals surface area contributed by atoms with Crippen LogP contribution in [0.4, 0.5) is 0 Å². The largest absolute Gasteiger partial charge is 0.493 e. The summed E-state index contributed by atoms with van der Waals surface area (Å²) in [6, 6.07) is 5.20. The first-order valence-electron chi connectivity index (χ1n) is 5.77. The number of esters is 1. The van der Waals surface area contributed by atoms with Crippen LogP contribution in [-0.2, 0) is 9.53 Å². The Morgan fingerprint density at radius 2 is 2.15 bits per heavy atom. The number of carbonyl (C=O) groups excluding carboxylic acids is 1. The maximum absolute atomic E-state index is 11.4. The van der Waals surface area contributed by atoms with Gasteiger partial charge in [0.2, 0.25) is 0 Å². The van der Waals surface area contributed by atoms with Crippen molar-refractivity contribution in [1.29, 1.82) is 5.26 Å². The van der Waals surface area contributed by atoms with E-state index in [1.807, 2.05) is 6.92 Å². The fraction of sp³-hybridized carbons (Fsp3) is 0.286. The molecule has 0 aliphatic heterocycles. The number of halogens is 1. The van der Waals surface area contributed by atoms with Gasteiger partial charge in [0.25, 0.3) is 0 Å². The van der Waals surface area contributed by atoms with Crippen LogP contribution >= 0.6 is 15.9 Å². The van der Waals surface area contributed by atoms with Crippen LogP contribution in [-0.4, -0.2) is 26.8 Å². The Kier molecular flexibility index (Phi) is 6.07. The highest BCUT2D eigenvalue weighted by Gasteiger charge is 2.13. The van der Waals surface area contributed by atoms with Crippen molar-refractivity contribution < 1.29 is 19.0 Å². The number of hydrogen-bond donors (Lipinski definition) is 0. The molecule has 6 heteroatoms. The van der Waals surface area contributed by atoms with E-state index in [2.05, 4.69) is 20.7 Å². The molecule has 0 amide bonds. The zero-order valence-electron chi connectivity index (χ0n) is 11.4. The third-order valence-corrected chi connectivity index (χ3v) is 2.97. The molecule has 0 aliphatic rings. The quantitative estimate of drug-likeness (QED) is 0.468. The standard InChI is InChI=1S/C14H14BrNO4/c1-4-20-13-11(15)6-9(7-12(13)18-2)5-10(8-16)14(17)19-3/h5-7H,4H2,1-3H3/b10-5+. The normalized spacial score (nSPS) is 10.7. The second-order valence-corrected chi connectivity index (χ2v) is 4.48. The van der Waals surface area contributed by atoms with E-state index in [9.17, 15) is 4.79 Å². The molecule has 0 saturated carbocycles. The van der Waals surface area contributed by atoms with E-state index >= 15 is 0 Å². The molecule has 0 radical (unpaired) electrons. The monoisotopic (exact) mass is 339 g/mol. The lowest BCUT2D eigenvalue weighted by atomic mass is 10.1. The van der Waals surface area contributed by atoms with E-state index in [1.165, 1.54) is 20.3 Å². The second kappa shape index (κ2) is 7.56. The topological polar surface area (TPSA) is 68.5 Å². The van der Waals surface area contributed by atoms with Crippen molar-refractivity contribution in [3.05, 3.63) is 27.7 Å². The Hall–Kier alpha value is -2.00. The summed E-state index contributed by atoms with van der Waals surface area (Å²) in [7, 11) is 2.74. The Bertz CT molecular complexity index is 575. The lowest BCUT2D eigenvalue weighted by molar-refractivity contribution is -0.135.